The van der Waals surface area contributed by atoms with Crippen LogP contribution in [0.5, 0.6) is 0 Å². The van der Waals surface area contributed by atoms with E-state index in [1.54, 1.807) is 0 Å². The van der Waals surface area contributed by atoms with Gasteiger partial charge in [-0.05, 0) is 13.8 Å². The molecule has 2 aliphatic rings. The Labute approximate surface area is 98.7 Å². The van der Waals surface area contributed by atoms with E-state index in [0.717, 1.165) is 0 Å². The minimum atomic E-state index is -0.307. The topological polar surface area (TPSA) is 77.3 Å². The van der Waals surface area contributed by atoms with Crippen LogP contribution in [0.4, 0.5) is 0 Å². The number of nitrogens with zero attached hydrogens (tertiary/aromatic N) is 2. The van der Waals surface area contributed by atoms with Crippen molar-refractivity contribution in [1.82, 2.24) is 0 Å². The molecule has 6 heteroatoms. The Morgan fingerprint density at radius 3 is 1.76 bits per heavy atom. The number of aliphatic imine (C=N–C) groups is 2. The zero-order valence-electron chi connectivity index (χ0n) is 9.80. The lowest BCUT2D eigenvalue weighted by Crippen LogP contribution is -2.30. The van der Waals surface area contributed by atoms with E-state index < -0.39 is 0 Å². The van der Waals surface area contributed by atoms with E-state index in [4.69, 9.17) is 9.47 Å². The van der Waals surface area contributed by atoms with E-state index in [-0.39, 0.29) is 55.1 Å². The molecule has 0 aliphatic carbocycles. The fourth-order valence-corrected chi connectivity index (χ4v) is 1.76. The molecule has 0 N–H and O–H groups in total. The average Bonchev–Trinajstić information content (AvgIpc) is 2.13. The molecule has 0 aromatic carbocycles. The van der Waals surface area contributed by atoms with Crippen LogP contribution in [0, 0.1) is 0 Å². The third-order valence-corrected chi connectivity index (χ3v) is 2.42. The second-order valence-electron chi connectivity index (χ2n) is 4.28. The molecule has 2 rings (SSSR count). The highest BCUT2D eigenvalue weighted by molar-refractivity contribution is 6.05. The van der Waals surface area contributed by atoms with Gasteiger partial charge >= 0.3 is 11.9 Å². The first-order chi connectivity index (χ1) is 8.02. The smallest absolute Gasteiger partial charge is 0.314 e. The molecule has 2 aliphatic heterocycles. The van der Waals surface area contributed by atoms with Crippen LogP contribution in [-0.4, -0.2) is 35.8 Å². The zero-order valence-corrected chi connectivity index (χ0v) is 9.80. The van der Waals surface area contributed by atoms with Crippen molar-refractivity contribution in [3.8, 4) is 0 Å². The summed E-state index contributed by atoms with van der Waals surface area (Å²) in [6.45, 7) is 3.66. The Kier molecular flexibility index (Phi) is 3.21. The molecule has 17 heavy (non-hydrogen) atoms. The van der Waals surface area contributed by atoms with Crippen LogP contribution in [-0.2, 0) is 19.1 Å². The molecule has 0 aromatic rings. The highest BCUT2D eigenvalue weighted by Crippen LogP contribution is 2.14. The molecule has 0 saturated carbocycles. The first-order valence-electron chi connectivity index (χ1n) is 5.57. The monoisotopic (exact) mass is 238 g/mol. The minimum absolute atomic E-state index is 0.0939. The summed E-state index contributed by atoms with van der Waals surface area (Å²) in [4.78, 5) is 30.8. The van der Waals surface area contributed by atoms with Crippen molar-refractivity contribution < 1.29 is 19.1 Å². The van der Waals surface area contributed by atoms with E-state index in [1.165, 1.54) is 0 Å². The van der Waals surface area contributed by atoms with Gasteiger partial charge in [0.15, 0.2) is 0 Å². The number of hydrogen-bond acceptors (Lipinski definition) is 6. The molecule has 0 fully saturated rings. The fourth-order valence-electron chi connectivity index (χ4n) is 1.76. The number of hydrogen-bond donors (Lipinski definition) is 0. The summed E-state index contributed by atoms with van der Waals surface area (Å²) in [5.41, 5.74) is 0. The summed E-state index contributed by atoms with van der Waals surface area (Å²) in [6.07, 6.45) is 0.727. The van der Waals surface area contributed by atoms with Crippen molar-refractivity contribution in [2.75, 3.05) is 0 Å². The van der Waals surface area contributed by atoms with Gasteiger partial charge in [0.2, 0.25) is 11.8 Å². The Balaban J connectivity index is 2.06. The van der Waals surface area contributed by atoms with Gasteiger partial charge in [-0.1, -0.05) is 0 Å². The standard InChI is InChI=1S/C11H14N2O4/c1-6-3-10(14)16-8(12-6)5-9-13-7(2)4-11(15)17-9/h6-7H,3-5H2,1-2H3. The molecule has 92 valence electrons. The van der Waals surface area contributed by atoms with Gasteiger partial charge in [-0.25, -0.2) is 0 Å². The molecular weight excluding hydrogens is 224 g/mol. The normalized spacial score (nSPS) is 29.1. The van der Waals surface area contributed by atoms with Gasteiger partial charge in [0.25, 0.3) is 0 Å². The predicted octanol–water partition coefficient (Wildman–Crippen LogP) is 0.844. The third-order valence-electron chi connectivity index (χ3n) is 2.42. The van der Waals surface area contributed by atoms with Gasteiger partial charge in [0.1, 0.15) is 6.42 Å². The number of esters is 2. The van der Waals surface area contributed by atoms with Crippen LogP contribution < -0.4 is 0 Å². The van der Waals surface area contributed by atoms with Gasteiger partial charge in [-0.2, -0.15) is 0 Å². The molecule has 0 saturated heterocycles. The van der Waals surface area contributed by atoms with Gasteiger partial charge in [-0.15, -0.1) is 0 Å². The van der Waals surface area contributed by atoms with Crippen LogP contribution in [0.1, 0.15) is 33.1 Å². The van der Waals surface area contributed by atoms with E-state index in [9.17, 15) is 9.59 Å². The summed E-state index contributed by atoms with van der Waals surface area (Å²) in [6, 6.07) is -0.188. The van der Waals surface area contributed by atoms with Crippen molar-refractivity contribution in [1.29, 1.82) is 0 Å². The van der Waals surface area contributed by atoms with Crippen LogP contribution >= 0.6 is 0 Å². The van der Waals surface area contributed by atoms with E-state index in [1.807, 2.05) is 13.8 Å². The molecule has 2 unspecified atom stereocenters. The number of rotatable bonds is 2. The highest BCUT2D eigenvalue weighted by atomic mass is 16.6. The molecule has 0 amide bonds. The zero-order chi connectivity index (χ0) is 12.4. The summed E-state index contributed by atoms with van der Waals surface area (Å²) in [5, 5.41) is 0. The molecule has 2 atom stereocenters. The molecule has 0 radical (unpaired) electrons. The van der Waals surface area contributed by atoms with Crippen molar-refractivity contribution in [3.05, 3.63) is 0 Å². The Hall–Kier alpha value is -1.72. The van der Waals surface area contributed by atoms with Crippen molar-refractivity contribution in [2.24, 2.45) is 9.98 Å². The Bertz CT molecular complexity index is 376. The van der Waals surface area contributed by atoms with E-state index >= 15 is 0 Å². The molecule has 0 aromatic heterocycles. The first kappa shape index (κ1) is 11.8. The summed E-state index contributed by atoms with van der Waals surface area (Å²) in [5.74, 6) is -0.0691. The number of ether oxygens (including phenoxy) is 2. The number of carbonyl (C=O) groups is 2. The van der Waals surface area contributed by atoms with Gasteiger partial charge in [0, 0.05) is 0 Å². The van der Waals surface area contributed by atoms with Crippen molar-refractivity contribution in [2.45, 2.75) is 45.2 Å². The van der Waals surface area contributed by atoms with Crippen LogP contribution in [0.15, 0.2) is 9.98 Å². The second kappa shape index (κ2) is 4.65. The molecule has 2 heterocycles. The van der Waals surface area contributed by atoms with Crippen LogP contribution in [0.25, 0.3) is 0 Å². The highest BCUT2D eigenvalue weighted by Gasteiger charge is 2.25. The third kappa shape index (κ3) is 3.12. The lowest BCUT2D eigenvalue weighted by atomic mass is 10.2. The van der Waals surface area contributed by atoms with E-state index in [0.29, 0.717) is 0 Å². The Morgan fingerprint density at radius 1 is 1.00 bits per heavy atom. The minimum Gasteiger partial charge on any atom is -0.411 e. The average molecular weight is 238 g/mol. The molecule has 6 nitrogen and oxygen atoms in total. The van der Waals surface area contributed by atoms with E-state index in [2.05, 4.69) is 9.98 Å². The SMILES string of the molecule is CC1CC(=O)OC(CC2=NC(C)CC(=O)O2)=N1. The van der Waals surface area contributed by atoms with Crippen molar-refractivity contribution in [3.63, 3.8) is 0 Å². The van der Waals surface area contributed by atoms with Gasteiger partial charge in [0.05, 0.1) is 24.9 Å². The molecule has 0 bridgehead atoms. The first-order valence-corrected chi connectivity index (χ1v) is 5.57. The maximum atomic E-state index is 11.2. The van der Waals surface area contributed by atoms with Crippen LogP contribution in [0.3, 0.4) is 0 Å². The maximum Gasteiger partial charge on any atom is 0.314 e. The quantitative estimate of drug-likeness (QED) is 0.668. The second-order valence-corrected chi connectivity index (χ2v) is 4.28. The summed E-state index contributed by atoms with van der Waals surface area (Å²) < 4.78 is 9.94. The van der Waals surface area contributed by atoms with Gasteiger partial charge in [-0.3, -0.25) is 19.6 Å². The maximum absolute atomic E-state index is 11.2. The molecule has 0 spiro atoms. The van der Waals surface area contributed by atoms with Gasteiger partial charge < -0.3 is 9.47 Å². The summed E-state index contributed by atoms with van der Waals surface area (Å²) >= 11 is 0. The molecular formula is C11H14N2O4. The lowest BCUT2D eigenvalue weighted by Gasteiger charge is -2.19. The number of carbonyl (C=O) groups excluding carboxylic acids is 2. The predicted molar refractivity (Wildman–Crippen MR) is 59.8 cm³/mol. The fraction of sp³-hybridized carbons (Fsp3) is 0.636. The Morgan fingerprint density at radius 2 is 1.41 bits per heavy atom. The lowest BCUT2D eigenvalue weighted by molar-refractivity contribution is -0.137. The van der Waals surface area contributed by atoms with Crippen LogP contribution in [0.2, 0.25) is 0 Å². The largest absolute Gasteiger partial charge is 0.411 e. The van der Waals surface area contributed by atoms with Crippen molar-refractivity contribution >= 4 is 23.7 Å². The number of cyclic esters (lactones) is 2. The summed E-state index contributed by atoms with van der Waals surface area (Å²) in [7, 11) is 0.